The highest BCUT2D eigenvalue weighted by molar-refractivity contribution is 9.10. The quantitative estimate of drug-likeness (QED) is 0.641. The Labute approximate surface area is 173 Å². The van der Waals surface area contributed by atoms with Crippen LogP contribution in [0.5, 0.6) is 5.75 Å². The zero-order chi connectivity index (χ0) is 20.1. The summed E-state index contributed by atoms with van der Waals surface area (Å²) in [4.78, 5) is 12.5. The standard InChI is InChI=1S/C20H23BrN2O4S/c1-27-18-12-11-17(22-20(24)14-5-3-2-4-6-14)13-19(18)28(25,26)23-16-9-7-15(21)8-10-16/h7-14,23H,2-6H2,1H3,(H,22,24). The largest absolute Gasteiger partial charge is 0.495 e. The summed E-state index contributed by atoms with van der Waals surface area (Å²) >= 11 is 3.32. The summed E-state index contributed by atoms with van der Waals surface area (Å²) in [5.74, 6) is 0.131. The first-order valence-electron chi connectivity index (χ1n) is 9.16. The minimum atomic E-state index is -3.89. The lowest BCUT2D eigenvalue weighted by molar-refractivity contribution is -0.120. The van der Waals surface area contributed by atoms with Crippen molar-refractivity contribution in [3.63, 3.8) is 0 Å². The van der Waals surface area contributed by atoms with Crippen molar-refractivity contribution in [1.29, 1.82) is 0 Å². The molecule has 0 aliphatic heterocycles. The Balaban J connectivity index is 1.83. The molecular formula is C20H23BrN2O4S. The first kappa shape index (κ1) is 20.7. The third kappa shape index (κ3) is 5.05. The molecule has 0 spiro atoms. The molecule has 0 saturated heterocycles. The Morgan fingerprint density at radius 3 is 2.32 bits per heavy atom. The third-order valence-electron chi connectivity index (χ3n) is 4.79. The monoisotopic (exact) mass is 466 g/mol. The molecule has 0 aromatic heterocycles. The van der Waals surface area contributed by atoms with Crippen LogP contribution in [0.2, 0.25) is 0 Å². The average Bonchev–Trinajstić information content (AvgIpc) is 2.70. The van der Waals surface area contributed by atoms with Crippen LogP contribution in [0, 0.1) is 5.92 Å². The summed E-state index contributed by atoms with van der Waals surface area (Å²) in [7, 11) is -2.48. The van der Waals surface area contributed by atoms with E-state index in [-0.39, 0.29) is 22.5 Å². The van der Waals surface area contributed by atoms with Crippen LogP contribution in [0.15, 0.2) is 51.8 Å². The van der Waals surface area contributed by atoms with Crippen LogP contribution in [-0.2, 0) is 14.8 Å². The van der Waals surface area contributed by atoms with Gasteiger partial charge in [-0.15, -0.1) is 0 Å². The Bertz CT molecular complexity index is 939. The van der Waals surface area contributed by atoms with Crippen LogP contribution in [0.25, 0.3) is 0 Å². The van der Waals surface area contributed by atoms with Crippen molar-refractivity contribution in [2.24, 2.45) is 5.92 Å². The van der Waals surface area contributed by atoms with E-state index in [1.165, 1.54) is 13.2 Å². The molecule has 1 fully saturated rings. The molecule has 1 amide bonds. The van der Waals surface area contributed by atoms with Crippen molar-refractivity contribution in [3.05, 3.63) is 46.9 Å². The smallest absolute Gasteiger partial charge is 0.265 e. The van der Waals surface area contributed by atoms with E-state index in [0.717, 1.165) is 36.6 Å². The Morgan fingerprint density at radius 2 is 1.68 bits per heavy atom. The van der Waals surface area contributed by atoms with Gasteiger partial charge in [0.05, 0.1) is 7.11 Å². The molecule has 2 N–H and O–H groups in total. The van der Waals surface area contributed by atoms with Gasteiger partial charge in [0.25, 0.3) is 10.0 Å². The molecule has 2 aromatic rings. The summed E-state index contributed by atoms with van der Waals surface area (Å²) in [6.07, 6.45) is 5.02. The van der Waals surface area contributed by atoms with Crippen LogP contribution in [0.3, 0.4) is 0 Å². The van der Waals surface area contributed by atoms with E-state index < -0.39 is 10.0 Å². The third-order valence-corrected chi connectivity index (χ3v) is 6.72. The fourth-order valence-corrected chi connectivity index (χ4v) is 4.82. The second-order valence-corrected chi connectivity index (χ2v) is 9.37. The lowest BCUT2D eigenvalue weighted by Gasteiger charge is -2.21. The molecule has 3 rings (SSSR count). The van der Waals surface area contributed by atoms with Crippen LogP contribution in [0.1, 0.15) is 32.1 Å². The molecular weight excluding hydrogens is 444 g/mol. The molecule has 0 atom stereocenters. The van der Waals surface area contributed by atoms with Gasteiger partial charge in [-0.1, -0.05) is 35.2 Å². The molecule has 0 heterocycles. The van der Waals surface area contributed by atoms with Crippen molar-refractivity contribution in [2.45, 2.75) is 37.0 Å². The lowest BCUT2D eigenvalue weighted by Crippen LogP contribution is -2.25. The van der Waals surface area contributed by atoms with Crippen molar-refractivity contribution in [3.8, 4) is 5.75 Å². The lowest BCUT2D eigenvalue weighted by atomic mass is 9.88. The normalized spacial score (nSPS) is 15.1. The van der Waals surface area contributed by atoms with E-state index in [0.29, 0.717) is 11.4 Å². The number of hydrogen-bond acceptors (Lipinski definition) is 4. The number of methoxy groups -OCH3 is 1. The number of halogens is 1. The van der Waals surface area contributed by atoms with Gasteiger partial charge < -0.3 is 10.1 Å². The Morgan fingerprint density at radius 1 is 1.04 bits per heavy atom. The molecule has 0 bridgehead atoms. The number of ether oxygens (including phenoxy) is 1. The van der Waals surface area contributed by atoms with E-state index in [1.807, 2.05) is 0 Å². The Hall–Kier alpha value is -2.06. The van der Waals surface area contributed by atoms with Gasteiger partial charge in [-0.25, -0.2) is 8.42 Å². The van der Waals surface area contributed by atoms with E-state index in [4.69, 9.17) is 4.74 Å². The zero-order valence-electron chi connectivity index (χ0n) is 15.6. The number of amides is 1. The van der Waals surface area contributed by atoms with Crippen LogP contribution < -0.4 is 14.8 Å². The number of anilines is 2. The van der Waals surface area contributed by atoms with E-state index in [1.54, 1.807) is 36.4 Å². The summed E-state index contributed by atoms with van der Waals surface area (Å²) in [6, 6.07) is 11.4. The number of nitrogens with one attached hydrogen (secondary N) is 2. The van der Waals surface area contributed by atoms with Gasteiger partial charge >= 0.3 is 0 Å². The van der Waals surface area contributed by atoms with Gasteiger partial charge in [0, 0.05) is 21.8 Å². The number of rotatable bonds is 6. The molecule has 2 aromatic carbocycles. The number of sulfonamides is 1. The number of carbonyl (C=O) groups excluding carboxylic acids is 1. The molecule has 8 heteroatoms. The summed E-state index contributed by atoms with van der Waals surface area (Å²) < 4.78 is 34.4. The highest BCUT2D eigenvalue weighted by Crippen LogP contribution is 2.30. The van der Waals surface area contributed by atoms with Crippen molar-refractivity contribution in [2.75, 3.05) is 17.1 Å². The number of hydrogen-bond donors (Lipinski definition) is 2. The maximum Gasteiger partial charge on any atom is 0.265 e. The van der Waals surface area contributed by atoms with Crippen molar-refractivity contribution in [1.82, 2.24) is 0 Å². The van der Waals surface area contributed by atoms with Gasteiger partial charge in [0.2, 0.25) is 5.91 Å². The molecule has 150 valence electrons. The molecule has 1 aliphatic carbocycles. The van der Waals surface area contributed by atoms with Gasteiger partial charge in [-0.3, -0.25) is 9.52 Å². The topological polar surface area (TPSA) is 84.5 Å². The minimum absolute atomic E-state index is 0.0169. The number of benzene rings is 2. The van der Waals surface area contributed by atoms with Gasteiger partial charge in [-0.05, 0) is 55.3 Å². The van der Waals surface area contributed by atoms with Gasteiger partial charge in [-0.2, -0.15) is 0 Å². The summed E-state index contributed by atoms with van der Waals surface area (Å²) in [6.45, 7) is 0. The highest BCUT2D eigenvalue weighted by Gasteiger charge is 2.24. The first-order valence-corrected chi connectivity index (χ1v) is 11.4. The average molecular weight is 467 g/mol. The second-order valence-electron chi connectivity index (χ2n) is 6.80. The molecule has 6 nitrogen and oxygen atoms in total. The first-order chi connectivity index (χ1) is 13.4. The molecule has 0 unspecified atom stereocenters. The van der Waals surface area contributed by atoms with Gasteiger partial charge in [0.15, 0.2) is 0 Å². The van der Waals surface area contributed by atoms with Gasteiger partial charge in [0.1, 0.15) is 10.6 Å². The SMILES string of the molecule is COc1ccc(NC(=O)C2CCCCC2)cc1S(=O)(=O)Nc1ccc(Br)cc1. The van der Waals surface area contributed by atoms with Crippen LogP contribution >= 0.6 is 15.9 Å². The highest BCUT2D eigenvalue weighted by atomic mass is 79.9. The number of carbonyl (C=O) groups is 1. The molecule has 1 saturated carbocycles. The maximum absolute atomic E-state index is 12.9. The Kier molecular flexibility index (Phi) is 6.61. The fraction of sp³-hybridized carbons (Fsp3) is 0.350. The predicted octanol–water partition coefficient (Wildman–Crippen LogP) is 4.78. The van der Waals surface area contributed by atoms with Crippen molar-refractivity contribution >= 4 is 43.2 Å². The van der Waals surface area contributed by atoms with Crippen LogP contribution in [0.4, 0.5) is 11.4 Å². The molecule has 28 heavy (non-hydrogen) atoms. The zero-order valence-corrected chi connectivity index (χ0v) is 18.0. The van der Waals surface area contributed by atoms with E-state index in [9.17, 15) is 13.2 Å². The summed E-state index contributed by atoms with van der Waals surface area (Å²) in [5, 5.41) is 2.85. The van der Waals surface area contributed by atoms with E-state index >= 15 is 0 Å². The fourth-order valence-electron chi connectivity index (χ4n) is 3.30. The predicted molar refractivity (Wildman–Crippen MR) is 113 cm³/mol. The summed E-state index contributed by atoms with van der Waals surface area (Å²) in [5.41, 5.74) is 0.870. The maximum atomic E-state index is 12.9. The second kappa shape index (κ2) is 8.96. The van der Waals surface area contributed by atoms with Crippen molar-refractivity contribution < 1.29 is 17.9 Å². The minimum Gasteiger partial charge on any atom is -0.495 e. The van der Waals surface area contributed by atoms with E-state index in [2.05, 4.69) is 26.0 Å². The van der Waals surface area contributed by atoms with Crippen LogP contribution in [-0.4, -0.2) is 21.4 Å². The molecule has 1 aliphatic rings. The molecule has 0 radical (unpaired) electrons.